The largest absolute Gasteiger partial charge is 0.491 e. The lowest BCUT2D eigenvalue weighted by atomic mass is 9.94. The first-order valence-electron chi connectivity index (χ1n) is 10.6. The number of hydrogen-bond donors (Lipinski definition) is 1. The third-order valence-corrected chi connectivity index (χ3v) is 5.64. The van der Waals surface area contributed by atoms with Crippen LogP contribution in [0, 0.1) is 0 Å². The van der Waals surface area contributed by atoms with Crippen molar-refractivity contribution in [1.29, 1.82) is 0 Å². The molecule has 9 nitrogen and oxygen atoms in total. The van der Waals surface area contributed by atoms with Gasteiger partial charge in [-0.25, -0.2) is 4.68 Å². The highest BCUT2D eigenvalue weighted by Crippen LogP contribution is 2.26. The highest BCUT2D eigenvalue weighted by Gasteiger charge is 2.44. The Labute approximate surface area is 185 Å². The van der Waals surface area contributed by atoms with Crippen LogP contribution in [0.4, 0.5) is 0 Å². The molecule has 1 aromatic carbocycles. The second kappa shape index (κ2) is 9.35. The van der Waals surface area contributed by atoms with Crippen molar-refractivity contribution in [3.63, 3.8) is 0 Å². The lowest BCUT2D eigenvalue weighted by molar-refractivity contribution is -0.156. The number of rotatable bonds is 1. The van der Waals surface area contributed by atoms with Gasteiger partial charge in [-0.1, -0.05) is 30.4 Å². The van der Waals surface area contributed by atoms with Crippen molar-refractivity contribution in [2.75, 3.05) is 32.8 Å². The minimum absolute atomic E-state index is 0.0873. The molecule has 2 amide bonds. The number of para-hydroxylation sites is 1. The summed E-state index contributed by atoms with van der Waals surface area (Å²) in [5, 5.41) is 6.93. The molecule has 1 atom stereocenters. The summed E-state index contributed by atoms with van der Waals surface area (Å²) in [7, 11) is 1.49. The molecule has 168 valence electrons. The van der Waals surface area contributed by atoms with Crippen LogP contribution >= 0.6 is 0 Å². The zero-order valence-electron chi connectivity index (χ0n) is 18.0. The molecule has 1 spiro atoms. The molecule has 32 heavy (non-hydrogen) atoms. The number of carbonyl (C=O) groups is 2. The van der Waals surface area contributed by atoms with Crippen LogP contribution in [0.2, 0.25) is 0 Å². The lowest BCUT2D eigenvalue weighted by Gasteiger charge is -2.41. The highest BCUT2D eigenvalue weighted by molar-refractivity contribution is 5.93. The van der Waals surface area contributed by atoms with Crippen LogP contribution < -0.4 is 15.6 Å². The Kier molecular flexibility index (Phi) is 6.36. The van der Waals surface area contributed by atoms with E-state index in [0.717, 1.165) is 16.0 Å². The first-order chi connectivity index (χ1) is 15.5. The van der Waals surface area contributed by atoms with Crippen molar-refractivity contribution in [2.45, 2.75) is 18.4 Å². The fourth-order valence-corrected chi connectivity index (χ4v) is 3.87. The number of nitrogens with one attached hydrogen (secondary N) is 1. The summed E-state index contributed by atoms with van der Waals surface area (Å²) >= 11 is 0. The van der Waals surface area contributed by atoms with Crippen molar-refractivity contribution < 1.29 is 19.1 Å². The molecule has 1 unspecified atom stereocenters. The molecule has 3 heterocycles. The monoisotopic (exact) mass is 438 g/mol. The Morgan fingerprint density at radius 3 is 2.81 bits per heavy atom. The van der Waals surface area contributed by atoms with Crippen molar-refractivity contribution in [1.82, 2.24) is 20.0 Å². The first-order valence-corrected chi connectivity index (χ1v) is 10.6. The zero-order chi connectivity index (χ0) is 22.6. The van der Waals surface area contributed by atoms with Crippen LogP contribution in [0.15, 0.2) is 53.3 Å². The van der Waals surface area contributed by atoms with E-state index in [1.165, 1.54) is 19.2 Å². The average Bonchev–Trinajstić information content (AvgIpc) is 2.81. The molecule has 1 aromatic heterocycles. The van der Waals surface area contributed by atoms with Gasteiger partial charge in [-0.3, -0.25) is 14.4 Å². The van der Waals surface area contributed by atoms with Gasteiger partial charge >= 0.3 is 0 Å². The fourth-order valence-electron chi connectivity index (χ4n) is 3.87. The molecule has 2 aromatic rings. The lowest BCUT2D eigenvalue weighted by Crippen LogP contribution is -2.61. The smallest absolute Gasteiger partial charge is 0.274 e. The fraction of sp³-hybridized carbons (Fsp3) is 0.391. The van der Waals surface area contributed by atoms with Gasteiger partial charge in [-0.05, 0) is 24.1 Å². The number of allylic oxidation sites excluding steroid dienone is 1. The number of ether oxygens (including phenoxy) is 2. The van der Waals surface area contributed by atoms with Gasteiger partial charge in [0.05, 0.1) is 19.7 Å². The minimum atomic E-state index is -1.20. The third kappa shape index (κ3) is 4.57. The van der Waals surface area contributed by atoms with Crippen LogP contribution in [0.25, 0.3) is 0 Å². The van der Waals surface area contributed by atoms with Gasteiger partial charge in [0.1, 0.15) is 18.1 Å². The maximum absolute atomic E-state index is 13.1. The summed E-state index contributed by atoms with van der Waals surface area (Å²) in [6, 6.07) is 10.5. The second-order valence-corrected chi connectivity index (χ2v) is 7.84. The number of aromatic nitrogens is 2. The topological polar surface area (TPSA) is 103 Å². The summed E-state index contributed by atoms with van der Waals surface area (Å²) in [4.78, 5) is 39.3. The van der Waals surface area contributed by atoms with Crippen LogP contribution in [0.5, 0.6) is 5.75 Å². The van der Waals surface area contributed by atoms with E-state index in [4.69, 9.17) is 9.47 Å². The Bertz CT molecular complexity index is 1100. The van der Waals surface area contributed by atoms with Crippen LogP contribution in [-0.2, 0) is 23.0 Å². The van der Waals surface area contributed by atoms with Gasteiger partial charge in [0.25, 0.3) is 17.4 Å². The molecular formula is C23H26N4O5. The van der Waals surface area contributed by atoms with Crippen molar-refractivity contribution in [3.05, 3.63) is 70.2 Å². The predicted octanol–water partition coefficient (Wildman–Crippen LogP) is 0.689. The van der Waals surface area contributed by atoms with E-state index in [2.05, 4.69) is 10.4 Å². The zero-order valence-corrected chi connectivity index (χ0v) is 18.0. The van der Waals surface area contributed by atoms with E-state index < -0.39 is 5.60 Å². The van der Waals surface area contributed by atoms with Gasteiger partial charge in [-0.15, -0.1) is 0 Å². The second-order valence-electron chi connectivity index (χ2n) is 7.84. The van der Waals surface area contributed by atoms with Gasteiger partial charge in [-0.2, -0.15) is 5.10 Å². The average molecular weight is 438 g/mol. The molecule has 1 saturated heterocycles. The summed E-state index contributed by atoms with van der Waals surface area (Å²) in [6.07, 6.45) is 4.89. The number of hydrogen-bond acceptors (Lipinski definition) is 6. The van der Waals surface area contributed by atoms with E-state index in [1.54, 1.807) is 4.90 Å². The molecule has 0 aliphatic carbocycles. The first kappa shape index (κ1) is 21.8. The van der Waals surface area contributed by atoms with Gasteiger partial charge < -0.3 is 19.7 Å². The number of nitrogens with zero attached hydrogens (tertiary/aromatic N) is 3. The van der Waals surface area contributed by atoms with Crippen LogP contribution in [0.3, 0.4) is 0 Å². The SMILES string of the molecule is Cn1nc(C(=O)N2CCOC3(C/C=C/Cc4ccccc4OCCNC3=O)C2)ccc1=O. The molecule has 0 bridgehead atoms. The summed E-state index contributed by atoms with van der Waals surface area (Å²) < 4.78 is 12.9. The van der Waals surface area contributed by atoms with Crippen LogP contribution in [-0.4, -0.2) is 64.9 Å². The van der Waals surface area contributed by atoms with Crippen molar-refractivity contribution >= 4 is 11.8 Å². The maximum atomic E-state index is 13.1. The molecule has 0 radical (unpaired) electrons. The highest BCUT2D eigenvalue weighted by atomic mass is 16.5. The summed E-state index contributed by atoms with van der Waals surface area (Å²) in [5.41, 5.74) is -0.290. The summed E-state index contributed by atoms with van der Waals surface area (Å²) in [6.45, 7) is 1.28. The number of benzene rings is 1. The molecule has 0 saturated carbocycles. The van der Waals surface area contributed by atoms with E-state index in [9.17, 15) is 14.4 Å². The van der Waals surface area contributed by atoms with E-state index in [0.29, 0.717) is 32.5 Å². The third-order valence-electron chi connectivity index (χ3n) is 5.64. The summed E-state index contributed by atoms with van der Waals surface area (Å²) in [5.74, 6) is 0.172. The van der Waals surface area contributed by atoms with Gasteiger partial charge in [0.15, 0.2) is 5.60 Å². The number of fused-ring (bicyclic) bond motifs is 1. The predicted molar refractivity (Wildman–Crippen MR) is 116 cm³/mol. The Balaban J connectivity index is 1.55. The van der Waals surface area contributed by atoms with E-state index in [1.807, 2.05) is 36.4 Å². The van der Waals surface area contributed by atoms with Crippen molar-refractivity contribution in [3.8, 4) is 5.75 Å². The Morgan fingerprint density at radius 1 is 1.12 bits per heavy atom. The van der Waals surface area contributed by atoms with Crippen LogP contribution in [0.1, 0.15) is 22.5 Å². The number of morpholine rings is 1. The molecule has 9 heteroatoms. The Hall–Kier alpha value is -3.46. The number of aryl methyl sites for hydroxylation is 1. The Morgan fingerprint density at radius 2 is 1.97 bits per heavy atom. The minimum Gasteiger partial charge on any atom is -0.491 e. The molecule has 2 aliphatic rings. The van der Waals surface area contributed by atoms with E-state index in [-0.39, 0.29) is 36.2 Å². The molecule has 1 fully saturated rings. The normalized spacial score (nSPS) is 22.7. The van der Waals surface area contributed by atoms with Crippen molar-refractivity contribution in [2.24, 2.45) is 7.05 Å². The quantitative estimate of drug-likeness (QED) is 0.658. The molecular weight excluding hydrogens is 412 g/mol. The molecule has 1 N–H and O–H groups in total. The maximum Gasteiger partial charge on any atom is 0.274 e. The number of carbonyl (C=O) groups excluding carboxylic acids is 2. The number of amides is 2. The van der Waals surface area contributed by atoms with Gasteiger partial charge in [0, 0.05) is 26.1 Å². The molecule has 2 aliphatic heterocycles. The molecule has 4 rings (SSSR count). The van der Waals surface area contributed by atoms with Gasteiger partial charge in [0.2, 0.25) is 0 Å². The van der Waals surface area contributed by atoms with E-state index >= 15 is 0 Å². The standard InChI is InChI=1S/C23H26N4O5/c1-26-20(28)10-9-18(25-26)21(29)27-13-15-32-23(16-27)11-5-4-7-17-6-2-3-8-19(17)31-14-12-24-22(23)30/h2-6,8-10H,7,11-16H2,1H3,(H,24,30)/b5-4+.